The average molecular weight is 129 g/mol. The maximum Gasteiger partial charge on any atom is 0.0837 e. The number of rotatable bonds is 4. The van der Waals surface area contributed by atoms with Gasteiger partial charge in [-0.1, -0.05) is 13.8 Å². The fraction of sp³-hybridized carbons (Fsp3) is 0.857. The lowest BCUT2D eigenvalue weighted by Gasteiger charge is -2.03. The average Bonchev–Trinajstić information content (AvgIpc) is 1.63. The Labute approximate surface area is 56.7 Å². The highest BCUT2D eigenvalue weighted by Crippen LogP contribution is 1.99. The fourth-order valence-corrected chi connectivity index (χ4v) is 0.726. The van der Waals surface area contributed by atoms with Crippen LogP contribution in [0.25, 0.3) is 0 Å². The van der Waals surface area contributed by atoms with E-state index in [1.54, 1.807) is 7.11 Å². The lowest BCUT2D eigenvalue weighted by Crippen LogP contribution is -2.08. The molecule has 0 atom stereocenters. The van der Waals surface area contributed by atoms with Crippen LogP contribution < -0.4 is 0 Å². The predicted molar refractivity (Wildman–Crippen MR) is 39.1 cm³/mol. The molecule has 0 amide bonds. The van der Waals surface area contributed by atoms with Crippen molar-refractivity contribution in [2.24, 2.45) is 5.92 Å². The molecule has 9 heavy (non-hydrogen) atoms. The van der Waals surface area contributed by atoms with Crippen molar-refractivity contribution in [3.8, 4) is 0 Å². The van der Waals surface area contributed by atoms with Crippen LogP contribution in [0.15, 0.2) is 0 Å². The summed E-state index contributed by atoms with van der Waals surface area (Å²) in [5.74, 6) is 0.577. The second kappa shape index (κ2) is 4.50. The van der Waals surface area contributed by atoms with E-state index in [4.69, 9.17) is 10.1 Å². The Morgan fingerprint density at radius 1 is 1.56 bits per heavy atom. The first-order valence-electron chi connectivity index (χ1n) is 3.22. The van der Waals surface area contributed by atoms with Crippen LogP contribution in [0.4, 0.5) is 0 Å². The van der Waals surface area contributed by atoms with E-state index < -0.39 is 0 Å². The van der Waals surface area contributed by atoms with Gasteiger partial charge in [-0.05, 0) is 12.3 Å². The molecule has 0 aromatic carbocycles. The Morgan fingerprint density at radius 2 is 2.11 bits per heavy atom. The van der Waals surface area contributed by atoms with E-state index in [-0.39, 0.29) is 0 Å². The van der Waals surface area contributed by atoms with Crippen LogP contribution in [-0.2, 0) is 4.74 Å². The molecule has 0 aliphatic heterocycles. The lowest BCUT2D eigenvalue weighted by atomic mass is 10.1. The summed E-state index contributed by atoms with van der Waals surface area (Å²) >= 11 is 0. The molecular weight excluding hydrogens is 114 g/mol. The summed E-state index contributed by atoms with van der Waals surface area (Å²) in [6.07, 6.45) is 0.855. The summed E-state index contributed by atoms with van der Waals surface area (Å²) in [5, 5.41) is 7.29. The Hall–Kier alpha value is -0.370. The molecule has 0 spiro atoms. The van der Waals surface area contributed by atoms with Gasteiger partial charge in [0.25, 0.3) is 0 Å². The zero-order chi connectivity index (χ0) is 7.28. The van der Waals surface area contributed by atoms with Crippen LogP contribution >= 0.6 is 0 Å². The number of ether oxygens (including phenoxy) is 1. The summed E-state index contributed by atoms with van der Waals surface area (Å²) in [4.78, 5) is 0. The van der Waals surface area contributed by atoms with Gasteiger partial charge in [0.05, 0.1) is 6.61 Å². The Kier molecular flexibility index (Phi) is 4.32. The Balaban J connectivity index is 3.27. The molecule has 0 bridgehead atoms. The van der Waals surface area contributed by atoms with Gasteiger partial charge in [-0.3, -0.25) is 0 Å². The van der Waals surface area contributed by atoms with E-state index in [1.165, 1.54) is 0 Å². The number of methoxy groups -OCH3 is 1. The van der Waals surface area contributed by atoms with Gasteiger partial charge in [0, 0.05) is 12.8 Å². The Bertz CT molecular complexity index is 88.9. The second-order valence-corrected chi connectivity index (χ2v) is 2.63. The minimum atomic E-state index is 0.484. The first-order chi connectivity index (χ1) is 4.16. The normalized spacial score (nSPS) is 10.2. The predicted octanol–water partition coefficient (Wildman–Crippen LogP) is 1.70. The maximum atomic E-state index is 7.29. The molecule has 0 radical (unpaired) electrons. The summed E-state index contributed by atoms with van der Waals surface area (Å²) in [5.41, 5.74) is 0.688. The van der Waals surface area contributed by atoms with Crippen LogP contribution in [0.3, 0.4) is 0 Å². The van der Waals surface area contributed by atoms with Gasteiger partial charge in [-0.15, -0.1) is 0 Å². The van der Waals surface area contributed by atoms with Crippen LogP contribution in [0.5, 0.6) is 0 Å². The highest BCUT2D eigenvalue weighted by molar-refractivity contribution is 5.82. The summed E-state index contributed by atoms with van der Waals surface area (Å²) in [7, 11) is 1.62. The van der Waals surface area contributed by atoms with Gasteiger partial charge in [-0.2, -0.15) is 0 Å². The molecule has 0 aromatic rings. The summed E-state index contributed by atoms with van der Waals surface area (Å²) in [6.45, 7) is 4.69. The van der Waals surface area contributed by atoms with E-state index in [1.807, 2.05) is 0 Å². The molecule has 0 aromatic heterocycles. The Morgan fingerprint density at radius 3 is 2.44 bits per heavy atom. The van der Waals surface area contributed by atoms with Crippen LogP contribution in [0.1, 0.15) is 20.3 Å². The zero-order valence-corrected chi connectivity index (χ0v) is 6.40. The maximum absolute atomic E-state index is 7.29. The standard InChI is InChI=1S/C7H15NO/c1-6(2)4-7(8)5-9-3/h6,8H,4-5H2,1-3H3. The zero-order valence-electron chi connectivity index (χ0n) is 6.40. The highest BCUT2D eigenvalue weighted by Gasteiger charge is 1.98. The molecule has 0 heterocycles. The van der Waals surface area contributed by atoms with Crippen molar-refractivity contribution in [3.05, 3.63) is 0 Å². The smallest absolute Gasteiger partial charge is 0.0837 e. The molecule has 0 aliphatic rings. The molecule has 0 unspecified atom stereocenters. The third-order valence-corrected chi connectivity index (χ3v) is 0.973. The minimum Gasteiger partial charge on any atom is -0.379 e. The quantitative estimate of drug-likeness (QED) is 0.576. The molecule has 0 aliphatic carbocycles. The third-order valence-electron chi connectivity index (χ3n) is 0.973. The van der Waals surface area contributed by atoms with Crippen LogP contribution in [-0.4, -0.2) is 19.4 Å². The van der Waals surface area contributed by atoms with Gasteiger partial charge in [0.2, 0.25) is 0 Å². The van der Waals surface area contributed by atoms with Crippen LogP contribution in [0, 0.1) is 11.3 Å². The van der Waals surface area contributed by atoms with E-state index >= 15 is 0 Å². The molecule has 1 N–H and O–H groups in total. The SMILES string of the molecule is COCC(=N)CC(C)C. The molecule has 0 saturated carbocycles. The van der Waals surface area contributed by atoms with E-state index in [0.717, 1.165) is 6.42 Å². The van der Waals surface area contributed by atoms with Gasteiger partial charge >= 0.3 is 0 Å². The van der Waals surface area contributed by atoms with E-state index in [0.29, 0.717) is 18.2 Å². The van der Waals surface area contributed by atoms with Crippen molar-refractivity contribution in [2.75, 3.05) is 13.7 Å². The third kappa shape index (κ3) is 5.50. The number of nitrogens with one attached hydrogen (secondary N) is 1. The monoisotopic (exact) mass is 129 g/mol. The lowest BCUT2D eigenvalue weighted by molar-refractivity contribution is 0.242. The minimum absolute atomic E-state index is 0.484. The van der Waals surface area contributed by atoms with Gasteiger partial charge < -0.3 is 10.1 Å². The topological polar surface area (TPSA) is 33.1 Å². The van der Waals surface area contributed by atoms with Crippen molar-refractivity contribution < 1.29 is 4.74 Å². The van der Waals surface area contributed by atoms with E-state index in [9.17, 15) is 0 Å². The van der Waals surface area contributed by atoms with Crippen molar-refractivity contribution in [1.29, 1.82) is 5.41 Å². The molecule has 2 heteroatoms. The molecule has 0 rings (SSSR count). The fourth-order valence-electron chi connectivity index (χ4n) is 0.726. The van der Waals surface area contributed by atoms with Crippen molar-refractivity contribution in [2.45, 2.75) is 20.3 Å². The van der Waals surface area contributed by atoms with Gasteiger partial charge in [0.1, 0.15) is 0 Å². The number of hydrogen-bond acceptors (Lipinski definition) is 2. The first kappa shape index (κ1) is 8.63. The largest absolute Gasteiger partial charge is 0.379 e. The van der Waals surface area contributed by atoms with Crippen molar-refractivity contribution >= 4 is 5.71 Å². The first-order valence-corrected chi connectivity index (χ1v) is 3.22. The number of hydrogen-bond donors (Lipinski definition) is 1. The molecular formula is C7H15NO. The van der Waals surface area contributed by atoms with Crippen molar-refractivity contribution in [3.63, 3.8) is 0 Å². The van der Waals surface area contributed by atoms with E-state index in [2.05, 4.69) is 13.8 Å². The molecule has 54 valence electrons. The molecule has 2 nitrogen and oxygen atoms in total. The summed E-state index contributed by atoms with van der Waals surface area (Å²) in [6, 6.07) is 0. The van der Waals surface area contributed by atoms with Gasteiger partial charge in [-0.25, -0.2) is 0 Å². The second-order valence-electron chi connectivity index (χ2n) is 2.63. The van der Waals surface area contributed by atoms with Crippen molar-refractivity contribution in [1.82, 2.24) is 0 Å². The molecule has 0 saturated heterocycles. The highest BCUT2D eigenvalue weighted by atomic mass is 16.5. The summed E-state index contributed by atoms with van der Waals surface area (Å²) < 4.78 is 4.78. The van der Waals surface area contributed by atoms with Gasteiger partial charge in [0.15, 0.2) is 0 Å². The van der Waals surface area contributed by atoms with Crippen LogP contribution in [0.2, 0.25) is 0 Å². The molecule has 0 fully saturated rings.